The van der Waals surface area contributed by atoms with E-state index < -0.39 is 0 Å². The third-order valence-corrected chi connectivity index (χ3v) is 1.17. The first kappa shape index (κ1) is 4.74. The molecule has 0 aromatic heterocycles. The van der Waals surface area contributed by atoms with E-state index >= 15 is 0 Å². The summed E-state index contributed by atoms with van der Waals surface area (Å²) in [6, 6.07) is 0. The number of hydrogen-bond donors (Lipinski definition) is 0. The van der Waals surface area contributed by atoms with E-state index in [0.29, 0.717) is 0 Å². The molecule has 0 N–H and O–H groups in total. The molecule has 0 aromatic rings. The predicted octanol–water partition coefficient (Wildman–Crippen LogP) is 1.48. The minimum Gasteiger partial charge on any atom is -0.748 e. The Morgan fingerprint density at radius 2 is 2.29 bits per heavy atom. The summed E-state index contributed by atoms with van der Waals surface area (Å²) in [5.74, 6) is 0. The lowest BCUT2D eigenvalue weighted by Gasteiger charge is -2.23. The summed E-state index contributed by atoms with van der Waals surface area (Å²) in [5.41, 5.74) is 0. The maximum Gasteiger partial charge on any atom is -0.00136 e. The van der Waals surface area contributed by atoms with Crippen molar-refractivity contribution in [1.82, 2.24) is 4.47 Å². The van der Waals surface area contributed by atoms with E-state index in [4.69, 9.17) is 0 Å². The number of hydrogen-bond acceptors (Lipinski definition) is 3. The largest absolute Gasteiger partial charge is 0.748 e. The Bertz CT molecular complexity index is 110. The predicted molar refractivity (Wildman–Crippen MR) is 31.1 cm³/mol. The topological polar surface area (TPSA) is 26.3 Å². The van der Waals surface area contributed by atoms with Crippen molar-refractivity contribution in [3.05, 3.63) is 29.0 Å². The van der Waals surface area contributed by atoms with E-state index in [1.54, 1.807) is 11.5 Å². The maximum absolute atomic E-state index is 10.2. The highest BCUT2D eigenvalue weighted by Crippen LogP contribution is 2.12. The molecule has 0 unspecified atom stereocenters. The molecule has 3 heteroatoms. The first-order valence-electron chi connectivity index (χ1n) is 1.86. The van der Waals surface area contributed by atoms with Gasteiger partial charge in [0.15, 0.2) is 0 Å². The van der Waals surface area contributed by atoms with Crippen molar-refractivity contribution in [2.75, 3.05) is 0 Å². The van der Waals surface area contributed by atoms with Gasteiger partial charge in [-0.3, -0.25) is 0 Å². The van der Waals surface area contributed by atoms with Crippen LogP contribution in [0.2, 0.25) is 0 Å². The van der Waals surface area contributed by atoms with E-state index in [9.17, 15) is 5.21 Å². The van der Waals surface area contributed by atoms with Gasteiger partial charge in [-0.25, -0.2) is 0 Å². The quantitative estimate of drug-likeness (QED) is 0.446. The van der Waals surface area contributed by atoms with Gasteiger partial charge in [-0.2, -0.15) is 0 Å². The lowest BCUT2D eigenvalue weighted by Crippen LogP contribution is -1.93. The van der Waals surface area contributed by atoms with Gasteiger partial charge in [0.25, 0.3) is 0 Å². The van der Waals surface area contributed by atoms with E-state index in [1.807, 2.05) is 6.08 Å². The highest BCUT2D eigenvalue weighted by atomic mass is 32.2. The SMILES string of the molecule is [O-]N1C=CC=CS1. The highest BCUT2D eigenvalue weighted by Gasteiger charge is 1.81. The van der Waals surface area contributed by atoms with E-state index in [0.717, 1.165) is 16.4 Å². The zero-order chi connectivity index (χ0) is 5.11. The summed E-state index contributed by atoms with van der Waals surface area (Å²) < 4.78 is 0.792. The van der Waals surface area contributed by atoms with Gasteiger partial charge in [-0.05, 0) is 29.6 Å². The summed E-state index contributed by atoms with van der Waals surface area (Å²) in [6.07, 6.45) is 4.98. The van der Waals surface area contributed by atoms with Gasteiger partial charge in [0, 0.05) is 0 Å². The fourth-order valence-corrected chi connectivity index (χ4v) is 0.717. The zero-order valence-corrected chi connectivity index (χ0v) is 4.39. The Labute approximate surface area is 46.2 Å². The fourth-order valence-electron chi connectivity index (χ4n) is 0.296. The van der Waals surface area contributed by atoms with Crippen LogP contribution < -0.4 is 0 Å². The van der Waals surface area contributed by atoms with Crippen LogP contribution >= 0.6 is 11.9 Å². The molecular weight excluding hydrogens is 110 g/mol. The standard InChI is InChI=1S/C4H4NOS/c6-5-3-1-2-4-7-5/h1-4H/q-1. The summed E-state index contributed by atoms with van der Waals surface area (Å²) in [5, 5.41) is 11.9. The molecule has 0 aromatic carbocycles. The lowest BCUT2D eigenvalue weighted by atomic mass is 10.6. The zero-order valence-electron chi connectivity index (χ0n) is 3.57. The van der Waals surface area contributed by atoms with Crippen molar-refractivity contribution in [1.29, 1.82) is 0 Å². The normalized spacial score (nSPS) is 18.1. The summed E-state index contributed by atoms with van der Waals surface area (Å²) in [6.45, 7) is 0. The van der Waals surface area contributed by atoms with E-state index in [-0.39, 0.29) is 0 Å². The minimum atomic E-state index is 0.792. The van der Waals surface area contributed by atoms with Crippen molar-refractivity contribution in [2.45, 2.75) is 0 Å². The fraction of sp³-hybridized carbons (Fsp3) is 0. The summed E-state index contributed by atoms with van der Waals surface area (Å²) in [7, 11) is 0. The van der Waals surface area contributed by atoms with E-state index in [1.165, 1.54) is 6.20 Å². The molecule has 0 radical (unpaired) electrons. The molecule has 1 heterocycles. The highest BCUT2D eigenvalue weighted by molar-refractivity contribution is 8.00. The van der Waals surface area contributed by atoms with Crippen LogP contribution in [0.5, 0.6) is 0 Å². The van der Waals surface area contributed by atoms with Crippen LogP contribution in [0, 0.1) is 5.21 Å². The third-order valence-electron chi connectivity index (χ3n) is 0.562. The molecule has 0 spiro atoms. The Morgan fingerprint density at radius 1 is 1.43 bits per heavy atom. The van der Waals surface area contributed by atoms with Gasteiger partial charge >= 0.3 is 0 Å². The van der Waals surface area contributed by atoms with Crippen molar-refractivity contribution in [3.8, 4) is 0 Å². The molecule has 2 nitrogen and oxygen atoms in total. The van der Waals surface area contributed by atoms with Crippen molar-refractivity contribution < 1.29 is 0 Å². The van der Waals surface area contributed by atoms with Gasteiger partial charge in [0.2, 0.25) is 0 Å². The number of nitrogens with zero attached hydrogens (tertiary/aromatic N) is 1. The second-order valence-electron chi connectivity index (χ2n) is 1.06. The molecule has 0 aliphatic carbocycles. The Morgan fingerprint density at radius 3 is 2.57 bits per heavy atom. The molecule has 0 fully saturated rings. The average molecular weight is 114 g/mol. The molecule has 0 saturated carbocycles. The minimum absolute atomic E-state index is 0.792. The molecule has 1 aliphatic heterocycles. The van der Waals surface area contributed by atoms with Gasteiger partial charge in [0.1, 0.15) is 0 Å². The summed E-state index contributed by atoms with van der Waals surface area (Å²) >= 11 is 1.13. The van der Waals surface area contributed by atoms with Crippen molar-refractivity contribution in [3.63, 3.8) is 0 Å². The lowest BCUT2D eigenvalue weighted by molar-refractivity contribution is 0.865. The monoisotopic (exact) mass is 114 g/mol. The molecule has 0 bridgehead atoms. The second-order valence-corrected chi connectivity index (χ2v) is 1.90. The molecule has 0 amide bonds. The van der Waals surface area contributed by atoms with Gasteiger partial charge in [0.05, 0.1) is 0 Å². The molecular formula is C4H4NOS-. The number of rotatable bonds is 0. The van der Waals surface area contributed by atoms with Crippen molar-refractivity contribution >= 4 is 11.9 Å². The molecule has 7 heavy (non-hydrogen) atoms. The second kappa shape index (κ2) is 2.04. The smallest absolute Gasteiger partial charge is 0.00136 e. The first-order valence-corrected chi connectivity index (χ1v) is 2.70. The van der Waals surface area contributed by atoms with Crippen LogP contribution in [-0.4, -0.2) is 4.47 Å². The summed E-state index contributed by atoms with van der Waals surface area (Å²) in [4.78, 5) is 0. The average Bonchev–Trinajstić information content (AvgIpc) is 1.69. The van der Waals surface area contributed by atoms with Crippen molar-refractivity contribution in [2.24, 2.45) is 0 Å². The Kier molecular flexibility index (Phi) is 1.38. The van der Waals surface area contributed by atoms with Crippen LogP contribution in [0.4, 0.5) is 0 Å². The van der Waals surface area contributed by atoms with Gasteiger partial charge < -0.3 is 9.68 Å². The van der Waals surface area contributed by atoms with E-state index in [2.05, 4.69) is 0 Å². The van der Waals surface area contributed by atoms with Gasteiger partial charge in [-0.15, -0.1) is 0 Å². The number of allylic oxidation sites excluding steroid dienone is 2. The number of hydroxylamine groups is 1. The van der Waals surface area contributed by atoms with Crippen LogP contribution in [0.15, 0.2) is 23.8 Å². The maximum atomic E-state index is 10.2. The van der Waals surface area contributed by atoms with Gasteiger partial charge in [-0.1, -0.05) is 6.08 Å². The van der Waals surface area contributed by atoms with Crippen LogP contribution in [0.25, 0.3) is 0 Å². The van der Waals surface area contributed by atoms with Crippen LogP contribution in [0.1, 0.15) is 0 Å². The molecule has 38 valence electrons. The molecule has 0 atom stereocenters. The molecule has 1 rings (SSSR count). The molecule has 1 aliphatic rings. The van der Waals surface area contributed by atoms with Crippen LogP contribution in [-0.2, 0) is 0 Å². The van der Waals surface area contributed by atoms with Crippen LogP contribution in [0.3, 0.4) is 0 Å². The third kappa shape index (κ3) is 1.25. The Hall–Kier alpha value is -0.410. The Balaban J connectivity index is 2.49. The molecule has 0 saturated heterocycles. The first-order chi connectivity index (χ1) is 3.39.